The predicted octanol–water partition coefficient (Wildman–Crippen LogP) is 19.2. The van der Waals surface area contributed by atoms with Crippen LogP contribution in [0.5, 0.6) is 0 Å². The molecule has 390 valence electrons. The van der Waals surface area contributed by atoms with E-state index in [1.54, 1.807) is 0 Å². The first-order chi connectivity index (χ1) is 36.2. The summed E-state index contributed by atoms with van der Waals surface area (Å²) in [6.45, 7) is 37.2. The Morgan fingerprint density at radius 2 is 0.987 bits per heavy atom. The van der Waals surface area contributed by atoms with Gasteiger partial charge in [-0.15, -0.1) is 11.8 Å². The second kappa shape index (κ2) is 17.7. The van der Waals surface area contributed by atoms with Crippen molar-refractivity contribution in [2.75, 3.05) is 14.7 Å². The number of rotatable bonds is 5. The van der Waals surface area contributed by atoms with E-state index in [-0.39, 0.29) is 45.0 Å². The standard InChI is InChI=1S/C71H76BN3OS/c1-43-37-58-63-59(38-43)75(60-42-52(41-54-53-19-17-18-20-61(53)76-65(54)60)73(49-29-21-44(22-30-49)67(2,3)4)50-31-23-45(24-32-50)68(5,6)7)57-35-27-48(71(14,15)16)40-56(57)72(63)66-64(55-39-47(70(11,12)13)28-36-62(55)77-66)74(58)51-33-25-46(26-34-51)69(8,9)10/h17-42,64,66H,1-16H3. The Morgan fingerprint density at radius 3 is 1.57 bits per heavy atom. The number of benzene rings is 8. The molecule has 4 heterocycles. The Balaban J connectivity index is 1.16. The minimum absolute atomic E-state index is 0.00468. The van der Waals surface area contributed by atoms with E-state index in [2.05, 4.69) is 295 Å². The number of furan rings is 1. The summed E-state index contributed by atoms with van der Waals surface area (Å²) in [7, 11) is 0. The summed E-state index contributed by atoms with van der Waals surface area (Å²) in [5.74, 6) is 0. The third-order valence-corrected chi connectivity index (χ3v) is 18.3. The lowest BCUT2D eigenvalue weighted by Crippen LogP contribution is -2.62. The van der Waals surface area contributed by atoms with Crippen molar-refractivity contribution in [3.05, 3.63) is 197 Å². The monoisotopic (exact) mass is 1030 g/mol. The number of nitrogens with zero attached hydrogens (tertiary/aromatic N) is 3. The van der Waals surface area contributed by atoms with Gasteiger partial charge in [-0.25, -0.2) is 0 Å². The first kappa shape index (κ1) is 51.1. The Labute approximate surface area is 464 Å². The molecule has 3 aliphatic heterocycles. The molecule has 77 heavy (non-hydrogen) atoms. The van der Waals surface area contributed by atoms with Gasteiger partial charge in [0.15, 0.2) is 5.58 Å². The molecule has 6 heteroatoms. The zero-order chi connectivity index (χ0) is 54.5. The van der Waals surface area contributed by atoms with Crippen molar-refractivity contribution in [1.29, 1.82) is 0 Å². The van der Waals surface area contributed by atoms with Crippen molar-refractivity contribution in [2.45, 2.75) is 154 Å². The molecule has 3 aliphatic rings. The molecule has 4 nitrogen and oxygen atoms in total. The van der Waals surface area contributed by atoms with Crippen molar-refractivity contribution < 1.29 is 4.42 Å². The highest BCUT2D eigenvalue weighted by molar-refractivity contribution is 8.02. The number of para-hydroxylation sites is 1. The minimum Gasteiger partial charge on any atom is -0.454 e. The Hall–Kier alpha value is -6.63. The molecular weight excluding hydrogens is 954 g/mol. The summed E-state index contributed by atoms with van der Waals surface area (Å²) >= 11 is 2.09. The van der Waals surface area contributed by atoms with Gasteiger partial charge in [-0.05, 0) is 163 Å². The predicted molar refractivity (Wildman–Crippen MR) is 334 cm³/mol. The zero-order valence-corrected chi connectivity index (χ0v) is 49.2. The number of aryl methyl sites for hydroxylation is 1. The van der Waals surface area contributed by atoms with Crippen LogP contribution in [0.25, 0.3) is 21.9 Å². The van der Waals surface area contributed by atoms with Gasteiger partial charge in [0.2, 0.25) is 6.71 Å². The van der Waals surface area contributed by atoms with Gasteiger partial charge >= 0.3 is 0 Å². The SMILES string of the molecule is Cc1cc2c3c(c1)N(c1ccc(C(C)(C)C)cc1)C1c4cc(C(C)(C)C)ccc4SC1B3c1cc(C(C)(C)C)ccc1N2c1cc(N(c2ccc(C(C)(C)C)cc2)c2ccc(C(C)(C)C)cc2)cc2c1oc1ccccc12. The van der Waals surface area contributed by atoms with Gasteiger partial charge in [0, 0.05) is 60.6 Å². The van der Waals surface area contributed by atoms with Crippen LogP contribution in [0, 0.1) is 6.92 Å². The van der Waals surface area contributed by atoms with Crippen molar-refractivity contribution in [3.63, 3.8) is 0 Å². The number of thioether (sulfide) groups is 1. The lowest BCUT2D eigenvalue weighted by molar-refractivity contribution is 0.587. The molecule has 0 bridgehead atoms. The van der Waals surface area contributed by atoms with Crippen LogP contribution in [-0.2, 0) is 27.1 Å². The third-order valence-electron chi connectivity index (χ3n) is 16.9. The molecule has 0 saturated heterocycles. The lowest BCUT2D eigenvalue weighted by atomic mass is 9.33. The van der Waals surface area contributed by atoms with Gasteiger partial charge in [-0.3, -0.25) is 0 Å². The fraction of sp³-hybridized carbons (Fsp3) is 0.324. The molecule has 0 aliphatic carbocycles. The van der Waals surface area contributed by atoms with E-state index in [4.69, 9.17) is 4.42 Å². The number of anilines is 8. The first-order valence-electron chi connectivity index (χ1n) is 28.0. The molecule has 0 fully saturated rings. The maximum Gasteiger partial charge on any atom is 0.233 e. The van der Waals surface area contributed by atoms with Crippen LogP contribution in [0.2, 0.25) is 0 Å². The fourth-order valence-electron chi connectivity index (χ4n) is 12.4. The highest BCUT2D eigenvalue weighted by Crippen LogP contribution is 2.58. The van der Waals surface area contributed by atoms with E-state index in [9.17, 15) is 0 Å². The summed E-state index contributed by atoms with van der Waals surface area (Å²) in [6, 6.07) is 61.2. The molecule has 2 unspecified atom stereocenters. The van der Waals surface area contributed by atoms with E-state index in [1.807, 2.05) is 0 Å². The first-order valence-corrected chi connectivity index (χ1v) is 28.9. The lowest BCUT2D eigenvalue weighted by Gasteiger charge is -2.49. The Morgan fingerprint density at radius 1 is 0.468 bits per heavy atom. The fourth-order valence-corrected chi connectivity index (χ4v) is 14.0. The average Bonchev–Trinajstić information content (AvgIpc) is 4.21. The molecule has 9 aromatic rings. The minimum atomic E-state index is -0.0734. The third kappa shape index (κ3) is 8.69. The van der Waals surface area contributed by atoms with Gasteiger partial charge < -0.3 is 19.1 Å². The van der Waals surface area contributed by atoms with Gasteiger partial charge in [0.25, 0.3) is 0 Å². The van der Waals surface area contributed by atoms with Gasteiger partial charge in [-0.1, -0.05) is 183 Å². The smallest absolute Gasteiger partial charge is 0.233 e. The molecule has 0 amide bonds. The van der Waals surface area contributed by atoms with Crippen LogP contribution in [-0.4, -0.2) is 11.9 Å². The number of hydrogen-bond acceptors (Lipinski definition) is 5. The van der Waals surface area contributed by atoms with Crippen molar-refractivity contribution in [2.24, 2.45) is 0 Å². The Kier molecular flexibility index (Phi) is 11.8. The topological polar surface area (TPSA) is 22.9 Å². The van der Waals surface area contributed by atoms with Gasteiger partial charge in [0.05, 0.1) is 11.7 Å². The number of fused-ring (bicyclic) bond motifs is 9. The molecule has 1 aromatic heterocycles. The van der Waals surface area contributed by atoms with Crippen LogP contribution < -0.4 is 25.6 Å². The molecule has 0 radical (unpaired) electrons. The molecule has 0 saturated carbocycles. The molecule has 2 atom stereocenters. The Bertz CT molecular complexity index is 3720. The summed E-state index contributed by atoms with van der Waals surface area (Å²) in [6.07, 6.45) is 0. The van der Waals surface area contributed by atoms with Gasteiger partial charge in [0.1, 0.15) is 5.58 Å². The van der Waals surface area contributed by atoms with Crippen LogP contribution in [0.1, 0.15) is 149 Å². The summed E-state index contributed by atoms with van der Waals surface area (Å²) in [5, 5.41) is 2.38. The van der Waals surface area contributed by atoms with Crippen molar-refractivity contribution in [1.82, 2.24) is 0 Å². The molecule has 0 N–H and O–H groups in total. The van der Waals surface area contributed by atoms with Crippen LogP contribution in [0.3, 0.4) is 0 Å². The second-order valence-corrected chi connectivity index (χ2v) is 28.8. The average molecular weight is 1030 g/mol. The van der Waals surface area contributed by atoms with Crippen molar-refractivity contribution in [3.8, 4) is 0 Å². The van der Waals surface area contributed by atoms with Crippen LogP contribution in [0.4, 0.5) is 45.5 Å². The van der Waals surface area contributed by atoms with E-state index in [0.717, 1.165) is 44.7 Å². The summed E-state index contributed by atoms with van der Waals surface area (Å²) in [4.78, 5) is 9.17. The molecular formula is C71H76BN3OS. The normalized spacial score (nSPS) is 16.4. The van der Waals surface area contributed by atoms with E-state index >= 15 is 0 Å². The molecule has 12 rings (SSSR count). The highest BCUT2D eigenvalue weighted by Gasteiger charge is 2.54. The van der Waals surface area contributed by atoms with E-state index in [0.29, 0.717) is 0 Å². The maximum atomic E-state index is 7.23. The quantitative estimate of drug-likeness (QED) is 0.160. The van der Waals surface area contributed by atoms with Gasteiger partial charge in [-0.2, -0.15) is 0 Å². The highest BCUT2D eigenvalue weighted by atomic mass is 32.2. The summed E-state index contributed by atoms with van der Waals surface area (Å²) < 4.78 is 7.23. The summed E-state index contributed by atoms with van der Waals surface area (Å²) in [5.41, 5.74) is 23.0. The van der Waals surface area contributed by atoms with Crippen LogP contribution in [0.15, 0.2) is 167 Å². The zero-order valence-electron chi connectivity index (χ0n) is 48.4. The largest absolute Gasteiger partial charge is 0.454 e. The van der Waals surface area contributed by atoms with E-state index < -0.39 is 0 Å². The van der Waals surface area contributed by atoms with Crippen LogP contribution >= 0.6 is 11.8 Å². The van der Waals surface area contributed by atoms with Crippen molar-refractivity contribution >= 4 is 96.8 Å². The van der Waals surface area contributed by atoms with E-state index in [1.165, 1.54) is 77.5 Å². The second-order valence-electron chi connectivity index (χ2n) is 27.6. The molecule has 8 aromatic carbocycles. The molecule has 0 spiro atoms. The maximum absolute atomic E-state index is 7.23. The number of hydrogen-bond donors (Lipinski definition) is 0.